The molecule has 3 heteroatoms. The SMILES string of the molecule is CC[C@@H]1COCCN1.Cl. The first-order valence-corrected chi connectivity index (χ1v) is 3.24. The summed E-state index contributed by atoms with van der Waals surface area (Å²) in [6, 6.07) is 0.615. The Morgan fingerprint density at radius 1 is 1.67 bits per heavy atom. The molecule has 56 valence electrons. The normalized spacial score (nSPS) is 27.0. The van der Waals surface area contributed by atoms with Gasteiger partial charge in [-0.1, -0.05) is 6.92 Å². The molecule has 1 aliphatic rings. The molecule has 0 aliphatic carbocycles. The number of ether oxygens (including phenoxy) is 1. The highest BCUT2D eigenvalue weighted by Crippen LogP contribution is 1.95. The number of rotatable bonds is 1. The molecule has 0 aromatic carbocycles. The standard InChI is InChI=1S/C6H13NO.ClH/c1-2-6-5-8-4-3-7-6;/h6-7H,2-5H2,1H3;1H/t6-;/m1./s1. The van der Waals surface area contributed by atoms with Gasteiger partial charge in [0.2, 0.25) is 0 Å². The van der Waals surface area contributed by atoms with Crippen LogP contribution in [0.3, 0.4) is 0 Å². The summed E-state index contributed by atoms with van der Waals surface area (Å²) >= 11 is 0. The molecular weight excluding hydrogens is 138 g/mol. The molecule has 0 aromatic heterocycles. The zero-order valence-electron chi connectivity index (χ0n) is 5.72. The van der Waals surface area contributed by atoms with Crippen LogP contribution in [0.4, 0.5) is 0 Å². The first-order valence-electron chi connectivity index (χ1n) is 3.24. The van der Waals surface area contributed by atoms with Gasteiger partial charge >= 0.3 is 0 Å². The molecule has 1 aliphatic heterocycles. The summed E-state index contributed by atoms with van der Waals surface area (Å²) in [7, 11) is 0. The number of hydrogen-bond donors (Lipinski definition) is 1. The van der Waals surface area contributed by atoms with E-state index in [1.807, 2.05) is 0 Å². The number of morpholine rings is 1. The van der Waals surface area contributed by atoms with E-state index in [1.165, 1.54) is 6.42 Å². The average Bonchev–Trinajstić information content (AvgIpc) is 1.90. The Balaban J connectivity index is 0.000000640. The van der Waals surface area contributed by atoms with Crippen LogP contribution in [-0.2, 0) is 4.74 Å². The van der Waals surface area contributed by atoms with Crippen LogP contribution in [0.25, 0.3) is 0 Å². The predicted molar refractivity (Wildman–Crippen MR) is 40.1 cm³/mol. The van der Waals surface area contributed by atoms with Gasteiger partial charge in [0.15, 0.2) is 0 Å². The van der Waals surface area contributed by atoms with Crippen LogP contribution < -0.4 is 5.32 Å². The van der Waals surface area contributed by atoms with E-state index in [4.69, 9.17) is 4.74 Å². The van der Waals surface area contributed by atoms with Crippen LogP contribution in [0.1, 0.15) is 13.3 Å². The predicted octanol–water partition coefficient (Wildman–Crippen LogP) is 0.807. The minimum atomic E-state index is 0. The van der Waals surface area contributed by atoms with Crippen LogP contribution in [0, 0.1) is 0 Å². The summed E-state index contributed by atoms with van der Waals surface area (Å²) in [6.07, 6.45) is 1.18. The minimum Gasteiger partial charge on any atom is -0.379 e. The van der Waals surface area contributed by atoms with Crippen LogP contribution in [-0.4, -0.2) is 25.8 Å². The lowest BCUT2D eigenvalue weighted by molar-refractivity contribution is 0.0758. The second-order valence-electron chi connectivity index (χ2n) is 2.13. The highest BCUT2D eigenvalue weighted by molar-refractivity contribution is 5.85. The Kier molecular flexibility index (Phi) is 5.15. The van der Waals surface area contributed by atoms with E-state index >= 15 is 0 Å². The quantitative estimate of drug-likeness (QED) is 0.599. The van der Waals surface area contributed by atoms with Crippen molar-refractivity contribution >= 4 is 12.4 Å². The van der Waals surface area contributed by atoms with Gasteiger partial charge in [-0.2, -0.15) is 0 Å². The van der Waals surface area contributed by atoms with Crippen molar-refractivity contribution in [1.29, 1.82) is 0 Å². The summed E-state index contributed by atoms with van der Waals surface area (Å²) in [4.78, 5) is 0. The molecule has 0 radical (unpaired) electrons. The van der Waals surface area contributed by atoms with Crippen molar-refractivity contribution in [2.45, 2.75) is 19.4 Å². The summed E-state index contributed by atoms with van der Waals surface area (Å²) in [5.74, 6) is 0. The number of halogens is 1. The van der Waals surface area contributed by atoms with Crippen LogP contribution in [0.15, 0.2) is 0 Å². The van der Waals surface area contributed by atoms with E-state index in [2.05, 4.69) is 12.2 Å². The molecule has 0 amide bonds. The zero-order chi connectivity index (χ0) is 5.82. The first kappa shape index (κ1) is 9.21. The third-order valence-corrected chi connectivity index (χ3v) is 1.49. The van der Waals surface area contributed by atoms with Crippen molar-refractivity contribution in [3.63, 3.8) is 0 Å². The van der Waals surface area contributed by atoms with Gasteiger partial charge in [-0.3, -0.25) is 0 Å². The van der Waals surface area contributed by atoms with Gasteiger partial charge in [0, 0.05) is 12.6 Å². The fourth-order valence-corrected chi connectivity index (χ4v) is 0.882. The lowest BCUT2D eigenvalue weighted by atomic mass is 10.2. The molecule has 0 aromatic rings. The molecule has 1 rings (SSSR count). The molecule has 1 heterocycles. The summed E-state index contributed by atoms with van der Waals surface area (Å²) in [6.45, 7) is 4.98. The molecule has 1 saturated heterocycles. The highest BCUT2D eigenvalue weighted by atomic mass is 35.5. The smallest absolute Gasteiger partial charge is 0.0620 e. The summed E-state index contributed by atoms with van der Waals surface area (Å²) in [5, 5.41) is 3.34. The fraction of sp³-hybridized carbons (Fsp3) is 1.00. The van der Waals surface area contributed by atoms with Crippen LogP contribution in [0.2, 0.25) is 0 Å². The van der Waals surface area contributed by atoms with Gasteiger partial charge in [0.1, 0.15) is 0 Å². The maximum absolute atomic E-state index is 5.21. The maximum atomic E-state index is 5.21. The second kappa shape index (κ2) is 5.03. The van der Waals surface area contributed by atoms with E-state index in [1.54, 1.807) is 0 Å². The van der Waals surface area contributed by atoms with Gasteiger partial charge in [0.25, 0.3) is 0 Å². The molecule has 9 heavy (non-hydrogen) atoms. The molecule has 0 unspecified atom stereocenters. The van der Waals surface area contributed by atoms with Gasteiger partial charge < -0.3 is 10.1 Å². The van der Waals surface area contributed by atoms with Gasteiger partial charge in [-0.25, -0.2) is 0 Å². The lowest BCUT2D eigenvalue weighted by Crippen LogP contribution is -2.40. The molecule has 1 atom stereocenters. The molecule has 2 nitrogen and oxygen atoms in total. The van der Waals surface area contributed by atoms with Crippen molar-refractivity contribution < 1.29 is 4.74 Å². The van der Waals surface area contributed by atoms with Crippen molar-refractivity contribution in [2.24, 2.45) is 0 Å². The third-order valence-electron chi connectivity index (χ3n) is 1.49. The maximum Gasteiger partial charge on any atom is 0.0620 e. The Morgan fingerprint density at radius 2 is 2.44 bits per heavy atom. The topological polar surface area (TPSA) is 21.3 Å². The summed E-state index contributed by atoms with van der Waals surface area (Å²) in [5.41, 5.74) is 0. The monoisotopic (exact) mass is 151 g/mol. The van der Waals surface area contributed by atoms with Crippen molar-refractivity contribution in [3.8, 4) is 0 Å². The third kappa shape index (κ3) is 3.04. The van der Waals surface area contributed by atoms with Gasteiger partial charge in [-0.05, 0) is 6.42 Å². The zero-order valence-corrected chi connectivity index (χ0v) is 6.54. The Labute approximate surface area is 62.4 Å². The minimum absolute atomic E-state index is 0. The molecular formula is C6H14ClNO. The molecule has 1 fully saturated rings. The molecule has 0 saturated carbocycles. The van der Waals surface area contributed by atoms with E-state index in [0.717, 1.165) is 19.8 Å². The van der Waals surface area contributed by atoms with Crippen LogP contribution >= 0.6 is 12.4 Å². The van der Waals surface area contributed by atoms with E-state index in [-0.39, 0.29) is 12.4 Å². The van der Waals surface area contributed by atoms with Gasteiger partial charge in [0.05, 0.1) is 13.2 Å². The molecule has 1 N–H and O–H groups in total. The molecule has 0 bridgehead atoms. The van der Waals surface area contributed by atoms with E-state index < -0.39 is 0 Å². The fourth-order valence-electron chi connectivity index (χ4n) is 0.882. The largest absolute Gasteiger partial charge is 0.379 e. The Morgan fingerprint density at radius 3 is 2.78 bits per heavy atom. The van der Waals surface area contributed by atoms with Crippen molar-refractivity contribution in [1.82, 2.24) is 5.32 Å². The lowest BCUT2D eigenvalue weighted by Gasteiger charge is -2.21. The van der Waals surface area contributed by atoms with Crippen LogP contribution in [0.5, 0.6) is 0 Å². The Hall–Kier alpha value is 0.210. The highest BCUT2D eigenvalue weighted by Gasteiger charge is 2.08. The van der Waals surface area contributed by atoms with E-state index in [0.29, 0.717) is 6.04 Å². The van der Waals surface area contributed by atoms with Crippen molar-refractivity contribution in [3.05, 3.63) is 0 Å². The number of nitrogens with one attached hydrogen (secondary N) is 1. The van der Waals surface area contributed by atoms with Gasteiger partial charge in [-0.15, -0.1) is 12.4 Å². The first-order chi connectivity index (χ1) is 3.93. The summed E-state index contributed by atoms with van der Waals surface area (Å²) < 4.78 is 5.21. The van der Waals surface area contributed by atoms with Crippen molar-refractivity contribution in [2.75, 3.05) is 19.8 Å². The number of hydrogen-bond acceptors (Lipinski definition) is 2. The average molecular weight is 152 g/mol. The van der Waals surface area contributed by atoms with E-state index in [9.17, 15) is 0 Å². The second-order valence-corrected chi connectivity index (χ2v) is 2.13. The molecule has 0 spiro atoms. The Bertz CT molecular complexity index is 64.1.